The molecule has 1 saturated carbocycles. The lowest BCUT2D eigenvalue weighted by Gasteiger charge is -2.20. The Bertz CT molecular complexity index is 1270. The summed E-state index contributed by atoms with van der Waals surface area (Å²) in [6, 6.07) is 21.0. The van der Waals surface area contributed by atoms with Gasteiger partial charge in [0.25, 0.3) is 5.91 Å². The van der Waals surface area contributed by atoms with Crippen LogP contribution in [-0.4, -0.2) is 47.2 Å². The van der Waals surface area contributed by atoms with Crippen LogP contribution >= 0.6 is 15.9 Å². The summed E-state index contributed by atoms with van der Waals surface area (Å²) in [5.41, 5.74) is 5.38. The molecule has 0 bridgehead atoms. The summed E-state index contributed by atoms with van der Waals surface area (Å²) >= 11 is 3.40. The van der Waals surface area contributed by atoms with Gasteiger partial charge in [0, 0.05) is 22.0 Å². The summed E-state index contributed by atoms with van der Waals surface area (Å²) in [6.45, 7) is -0.138. The molecule has 2 amide bonds. The minimum atomic E-state index is -1.04. The number of rotatable bonds is 7. The number of anilines is 1. The largest absolute Gasteiger partial charge is 0.480 e. The van der Waals surface area contributed by atoms with Gasteiger partial charge in [-0.3, -0.25) is 14.9 Å². The van der Waals surface area contributed by atoms with Crippen LogP contribution in [0.2, 0.25) is 0 Å². The van der Waals surface area contributed by atoms with Gasteiger partial charge < -0.3 is 14.7 Å². The smallest absolute Gasteiger partial charge is 0.411 e. The predicted octanol–water partition coefficient (Wildman–Crippen LogP) is 5.50. The van der Waals surface area contributed by atoms with Crippen LogP contribution in [0.15, 0.2) is 71.2 Å². The van der Waals surface area contributed by atoms with Crippen LogP contribution in [0.5, 0.6) is 0 Å². The van der Waals surface area contributed by atoms with Gasteiger partial charge in [0.1, 0.15) is 13.2 Å². The standard InChI is InChI=1S/C27H23BrN2O5/c28-23-13-16(26(33)30(14-25(31)32)17-10-11-17)9-12-24(23)29-27(34)35-15-22-20-7-3-1-5-18(20)19-6-2-4-8-21(19)22/h1-9,12-13,17,22H,10-11,14-15H2,(H,29,34)(H,31,32). The molecule has 0 radical (unpaired) electrons. The van der Waals surface area contributed by atoms with Gasteiger partial charge in [-0.2, -0.15) is 0 Å². The number of hydrogen-bond donors (Lipinski definition) is 2. The van der Waals surface area contributed by atoms with Crippen LogP contribution in [0.25, 0.3) is 11.1 Å². The summed E-state index contributed by atoms with van der Waals surface area (Å²) in [5, 5.41) is 11.8. The monoisotopic (exact) mass is 534 g/mol. The Morgan fingerprint density at radius 2 is 1.60 bits per heavy atom. The van der Waals surface area contributed by atoms with Gasteiger partial charge in [-0.1, -0.05) is 48.5 Å². The number of amides is 2. The van der Waals surface area contributed by atoms with Crippen LogP contribution < -0.4 is 5.32 Å². The molecule has 2 aliphatic rings. The number of carbonyl (C=O) groups is 3. The highest BCUT2D eigenvalue weighted by Gasteiger charge is 2.34. The van der Waals surface area contributed by atoms with Crippen LogP contribution in [0.4, 0.5) is 10.5 Å². The number of nitrogens with one attached hydrogen (secondary N) is 1. The first kappa shape index (κ1) is 23.1. The van der Waals surface area contributed by atoms with Gasteiger partial charge in [-0.25, -0.2) is 4.79 Å². The molecule has 0 spiro atoms. The zero-order chi connectivity index (χ0) is 24.5. The number of carbonyl (C=O) groups excluding carboxylic acids is 2. The Kier molecular flexibility index (Phi) is 6.30. The quantitative estimate of drug-likeness (QED) is 0.417. The van der Waals surface area contributed by atoms with E-state index in [1.165, 1.54) is 4.90 Å². The summed E-state index contributed by atoms with van der Waals surface area (Å²) in [5.74, 6) is -1.43. The van der Waals surface area contributed by atoms with Crippen LogP contribution in [0.3, 0.4) is 0 Å². The topological polar surface area (TPSA) is 95.9 Å². The molecule has 3 aromatic carbocycles. The fraction of sp³-hybridized carbons (Fsp3) is 0.222. The molecule has 0 saturated heterocycles. The van der Waals surface area contributed by atoms with Crippen LogP contribution in [0.1, 0.15) is 40.2 Å². The number of carboxylic acid groups (broad SMARTS) is 1. The molecule has 35 heavy (non-hydrogen) atoms. The average molecular weight is 535 g/mol. The third kappa shape index (κ3) is 4.79. The van der Waals surface area contributed by atoms with Crippen molar-refractivity contribution in [2.45, 2.75) is 24.8 Å². The first-order valence-electron chi connectivity index (χ1n) is 11.4. The fourth-order valence-electron chi connectivity index (χ4n) is 4.56. The van der Waals surface area contributed by atoms with Crippen molar-refractivity contribution in [3.05, 3.63) is 87.9 Å². The zero-order valence-corrected chi connectivity index (χ0v) is 20.3. The maximum Gasteiger partial charge on any atom is 0.411 e. The number of carboxylic acids is 1. The Morgan fingerprint density at radius 1 is 0.971 bits per heavy atom. The van der Waals surface area contributed by atoms with E-state index in [9.17, 15) is 14.4 Å². The van der Waals surface area contributed by atoms with E-state index in [0.29, 0.717) is 15.7 Å². The van der Waals surface area contributed by atoms with E-state index in [2.05, 4.69) is 45.5 Å². The number of aliphatic carboxylic acids is 1. The van der Waals surface area contributed by atoms with Crippen LogP contribution in [-0.2, 0) is 9.53 Å². The van der Waals surface area contributed by atoms with Crippen molar-refractivity contribution in [3.8, 4) is 11.1 Å². The highest BCUT2D eigenvalue weighted by atomic mass is 79.9. The molecule has 3 aromatic rings. The molecule has 2 aliphatic carbocycles. The number of hydrogen-bond acceptors (Lipinski definition) is 4. The number of benzene rings is 3. The second-order valence-electron chi connectivity index (χ2n) is 8.70. The molecule has 0 aromatic heterocycles. The van der Waals surface area contributed by atoms with E-state index < -0.39 is 12.1 Å². The molecular weight excluding hydrogens is 512 g/mol. The van der Waals surface area contributed by atoms with Gasteiger partial charge in [-0.15, -0.1) is 0 Å². The van der Waals surface area contributed by atoms with Crippen molar-refractivity contribution in [1.29, 1.82) is 0 Å². The van der Waals surface area contributed by atoms with E-state index in [0.717, 1.165) is 35.1 Å². The normalized spacial score (nSPS) is 14.1. The summed E-state index contributed by atoms with van der Waals surface area (Å²) in [4.78, 5) is 38.0. The minimum Gasteiger partial charge on any atom is -0.480 e. The van der Waals surface area contributed by atoms with E-state index in [1.807, 2.05) is 24.3 Å². The second kappa shape index (κ2) is 9.54. The molecular formula is C27H23BrN2O5. The fourth-order valence-corrected chi connectivity index (χ4v) is 5.04. The number of halogens is 1. The lowest BCUT2D eigenvalue weighted by molar-refractivity contribution is -0.137. The highest BCUT2D eigenvalue weighted by molar-refractivity contribution is 9.10. The Hall–Kier alpha value is -3.65. The predicted molar refractivity (Wildman–Crippen MR) is 135 cm³/mol. The van der Waals surface area contributed by atoms with E-state index >= 15 is 0 Å². The zero-order valence-electron chi connectivity index (χ0n) is 18.7. The van der Waals surface area contributed by atoms with E-state index in [4.69, 9.17) is 9.84 Å². The van der Waals surface area contributed by atoms with Gasteiger partial charge in [-0.05, 0) is 69.2 Å². The van der Waals surface area contributed by atoms with Crippen molar-refractivity contribution >= 4 is 39.6 Å². The highest BCUT2D eigenvalue weighted by Crippen LogP contribution is 2.44. The van der Waals surface area contributed by atoms with Gasteiger partial charge in [0.2, 0.25) is 0 Å². The van der Waals surface area contributed by atoms with Gasteiger partial charge in [0.05, 0.1) is 5.69 Å². The Labute approximate surface area is 210 Å². The number of fused-ring (bicyclic) bond motifs is 3. The molecule has 0 atom stereocenters. The molecule has 0 unspecified atom stereocenters. The average Bonchev–Trinajstić information content (AvgIpc) is 3.64. The summed E-state index contributed by atoms with van der Waals surface area (Å²) in [6.07, 6.45) is 1.01. The van der Waals surface area contributed by atoms with E-state index in [1.54, 1.807) is 18.2 Å². The van der Waals surface area contributed by atoms with Crippen molar-refractivity contribution in [2.75, 3.05) is 18.5 Å². The molecule has 7 nitrogen and oxygen atoms in total. The lowest BCUT2D eigenvalue weighted by atomic mass is 9.98. The van der Waals surface area contributed by atoms with Crippen LogP contribution in [0, 0.1) is 0 Å². The first-order chi connectivity index (χ1) is 16.9. The molecule has 5 rings (SSSR count). The number of nitrogens with zero attached hydrogens (tertiary/aromatic N) is 1. The molecule has 8 heteroatoms. The molecule has 178 valence electrons. The molecule has 2 N–H and O–H groups in total. The van der Waals surface area contributed by atoms with Gasteiger partial charge >= 0.3 is 12.1 Å². The Balaban J connectivity index is 1.25. The SMILES string of the molecule is O=C(O)CN(C(=O)c1ccc(NC(=O)OCC2c3ccccc3-c3ccccc32)c(Br)c1)C1CC1. The first-order valence-corrected chi connectivity index (χ1v) is 12.2. The van der Waals surface area contributed by atoms with E-state index in [-0.39, 0.29) is 31.0 Å². The molecule has 0 heterocycles. The summed E-state index contributed by atoms with van der Waals surface area (Å²) < 4.78 is 6.09. The minimum absolute atomic E-state index is 0.0315. The molecule has 1 fully saturated rings. The summed E-state index contributed by atoms with van der Waals surface area (Å²) in [7, 11) is 0. The van der Waals surface area contributed by atoms with Gasteiger partial charge in [0.15, 0.2) is 0 Å². The third-order valence-electron chi connectivity index (χ3n) is 6.35. The molecule has 0 aliphatic heterocycles. The number of ether oxygens (including phenoxy) is 1. The maximum atomic E-state index is 12.8. The van der Waals surface area contributed by atoms with Crippen molar-refractivity contribution in [1.82, 2.24) is 4.90 Å². The van der Waals surface area contributed by atoms with Crippen molar-refractivity contribution in [2.24, 2.45) is 0 Å². The Morgan fingerprint density at radius 3 is 2.17 bits per heavy atom. The van der Waals surface area contributed by atoms with Crippen molar-refractivity contribution in [3.63, 3.8) is 0 Å². The second-order valence-corrected chi connectivity index (χ2v) is 9.56. The maximum absolute atomic E-state index is 12.8. The van der Waals surface area contributed by atoms with Crippen molar-refractivity contribution < 1.29 is 24.2 Å². The third-order valence-corrected chi connectivity index (χ3v) is 7.01. The lowest BCUT2D eigenvalue weighted by Crippen LogP contribution is -2.37.